The van der Waals surface area contributed by atoms with E-state index in [1.165, 1.54) is 18.9 Å². The number of carbonyl (C=O) groups excluding carboxylic acids is 3. The summed E-state index contributed by atoms with van der Waals surface area (Å²) in [6, 6.07) is 7.71. The molecule has 0 saturated heterocycles. The van der Waals surface area contributed by atoms with Gasteiger partial charge in [0.15, 0.2) is 0 Å². The quantitative estimate of drug-likeness (QED) is 0.406. The Morgan fingerprint density at radius 1 is 1.00 bits per heavy atom. The van der Waals surface area contributed by atoms with Gasteiger partial charge in [0.2, 0.25) is 11.8 Å². The summed E-state index contributed by atoms with van der Waals surface area (Å²) in [5.41, 5.74) is 0.340. The minimum atomic E-state index is -1.37. The van der Waals surface area contributed by atoms with E-state index < -0.39 is 64.7 Å². The van der Waals surface area contributed by atoms with Gasteiger partial charge in [0.1, 0.15) is 35.4 Å². The Balaban J connectivity index is 1.59. The molecule has 4 rings (SSSR count). The average Bonchev–Trinajstić information content (AvgIpc) is 2.95. The van der Waals surface area contributed by atoms with Crippen molar-refractivity contribution in [3.63, 3.8) is 0 Å². The van der Waals surface area contributed by atoms with Crippen molar-refractivity contribution in [1.29, 1.82) is 0 Å². The molecule has 0 unspecified atom stereocenters. The monoisotopic (exact) mass is 579 g/mol. The largest absolute Gasteiger partial charge is 0.344 e. The van der Waals surface area contributed by atoms with Crippen molar-refractivity contribution < 1.29 is 31.9 Å². The number of thioether (sulfide) groups is 1. The van der Waals surface area contributed by atoms with Crippen LogP contribution >= 0.6 is 23.4 Å². The van der Waals surface area contributed by atoms with Crippen molar-refractivity contribution in [3.05, 3.63) is 94.0 Å². The zero-order chi connectivity index (χ0) is 28.4. The van der Waals surface area contributed by atoms with Gasteiger partial charge >= 0.3 is 0 Å². The van der Waals surface area contributed by atoms with E-state index in [0.29, 0.717) is 21.7 Å². The second-order valence-electron chi connectivity index (χ2n) is 8.94. The van der Waals surface area contributed by atoms with E-state index in [1.54, 1.807) is 18.2 Å². The zero-order valence-electron chi connectivity index (χ0n) is 20.6. The Morgan fingerprint density at radius 2 is 1.69 bits per heavy atom. The third-order valence-electron chi connectivity index (χ3n) is 6.06. The molecule has 0 spiro atoms. The molecule has 0 radical (unpaired) electrons. The Hall–Kier alpha value is -3.57. The molecule has 1 aliphatic rings. The lowest BCUT2D eigenvalue weighted by Gasteiger charge is -2.28. The van der Waals surface area contributed by atoms with E-state index in [-0.39, 0.29) is 11.1 Å². The van der Waals surface area contributed by atoms with Crippen molar-refractivity contribution in [2.75, 3.05) is 11.9 Å². The maximum Gasteiger partial charge on any atom is 0.250 e. The van der Waals surface area contributed by atoms with E-state index in [1.807, 2.05) is 0 Å². The first-order valence-electron chi connectivity index (χ1n) is 11.7. The Morgan fingerprint density at radius 3 is 2.38 bits per heavy atom. The minimum absolute atomic E-state index is 0.0626. The highest BCUT2D eigenvalue weighted by Gasteiger charge is 2.40. The van der Waals surface area contributed by atoms with Crippen molar-refractivity contribution >= 4 is 46.8 Å². The molecule has 0 aliphatic carbocycles. The van der Waals surface area contributed by atoms with Crippen LogP contribution in [0.2, 0.25) is 5.02 Å². The van der Waals surface area contributed by atoms with Gasteiger partial charge in [-0.25, -0.2) is 17.6 Å². The molecule has 0 aromatic heterocycles. The van der Waals surface area contributed by atoms with Gasteiger partial charge in [0, 0.05) is 28.6 Å². The molecule has 3 atom stereocenters. The third kappa shape index (κ3) is 6.54. The first-order chi connectivity index (χ1) is 18.4. The van der Waals surface area contributed by atoms with Crippen molar-refractivity contribution in [2.24, 2.45) is 0 Å². The summed E-state index contributed by atoms with van der Waals surface area (Å²) < 4.78 is 56.0. The number of amides is 3. The van der Waals surface area contributed by atoms with Crippen LogP contribution in [0.15, 0.2) is 59.5 Å². The van der Waals surface area contributed by atoms with Gasteiger partial charge in [-0.1, -0.05) is 11.6 Å². The summed E-state index contributed by atoms with van der Waals surface area (Å²) in [4.78, 5) is 40.9. The Kier molecular flexibility index (Phi) is 8.51. The number of rotatable bonds is 6. The topological polar surface area (TPSA) is 78.5 Å². The van der Waals surface area contributed by atoms with E-state index >= 15 is 0 Å². The van der Waals surface area contributed by atoms with Crippen LogP contribution in [0.3, 0.4) is 0 Å². The van der Waals surface area contributed by atoms with E-state index in [2.05, 4.69) is 10.6 Å². The second kappa shape index (κ2) is 11.7. The normalized spacial score (nSPS) is 17.7. The Bertz CT molecular complexity index is 1440. The molecule has 3 amide bonds. The van der Waals surface area contributed by atoms with Gasteiger partial charge in [0.05, 0.1) is 17.4 Å². The number of nitrogens with zero attached hydrogens (tertiary/aromatic N) is 1. The van der Waals surface area contributed by atoms with Crippen LogP contribution < -0.4 is 15.5 Å². The lowest BCUT2D eigenvalue weighted by molar-refractivity contribution is -0.130. The number of hydrogen-bond acceptors (Lipinski definition) is 4. The maximum atomic E-state index is 14.9. The van der Waals surface area contributed by atoms with Gasteiger partial charge in [-0.05, 0) is 61.0 Å². The van der Waals surface area contributed by atoms with Gasteiger partial charge in [0.25, 0.3) is 5.91 Å². The highest BCUT2D eigenvalue weighted by Crippen LogP contribution is 2.46. The van der Waals surface area contributed by atoms with E-state index in [9.17, 15) is 31.9 Å². The van der Waals surface area contributed by atoms with Crippen molar-refractivity contribution in [3.8, 4) is 0 Å². The first-order valence-corrected chi connectivity index (χ1v) is 12.9. The molecular formula is C27H22ClF4N3O3S. The molecule has 0 saturated carbocycles. The predicted molar refractivity (Wildman–Crippen MR) is 139 cm³/mol. The number of hydrogen-bond donors (Lipinski definition) is 2. The molecule has 1 aliphatic heterocycles. The molecule has 3 aromatic rings. The van der Waals surface area contributed by atoms with Crippen LogP contribution in [0, 0.1) is 23.3 Å². The number of likely N-dealkylation sites (N-methyl/N-ethyl adjacent to an activating group) is 1. The highest BCUT2D eigenvalue weighted by atomic mass is 35.5. The van der Waals surface area contributed by atoms with Gasteiger partial charge in [-0.15, -0.1) is 11.8 Å². The van der Waals surface area contributed by atoms with Crippen LogP contribution in [-0.2, 0) is 20.8 Å². The standard InChI is InChI=1S/C27H22ClF4N3O3S/c1-13(33-23(36)9-14-7-17(30)11-18(31)8-14)26(37)34-24-25(19-12-16(29)4-5-20(19)32)39-22-6-3-15(28)10-21(22)35(2)27(24)38/h3-8,10-13,24-25H,9H2,1-2H3,(H,33,36)(H,34,37)/t13-,24-,25+/m0/s1. The molecule has 204 valence electrons. The van der Waals surface area contributed by atoms with Gasteiger partial charge in [-0.2, -0.15) is 0 Å². The molecule has 12 heteroatoms. The SMILES string of the molecule is C[C@H](NC(=O)Cc1cc(F)cc(F)c1)C(=O)N[C@@H]1C(=O)N(C)c2cc(Cl)ccc2S[C@@H]1c1cc(F)ccc1F. The highest BCUT2D eigenvalue weighted by molar-refractivity contribution is 7.99. The fourth-order valence-corrected chi connectivity index (χ4v) is 5.69. The fraction of sp³-hybridized carbons (Fsp3) is 0.222. The third-order valence-corrected chi connectivity index (χ3v) is 7.67. The lowest BCUT2D eigenvalue weighted by atomic mass is 10.0. The van der Waals surface area contributed by atoms with Crippen LogP contribution in [0.4, 0.5) is 23.2 Å². The average molecular weight is 580 g/mol. The summed E-state index contributed by atoms with van der Waals surface area (Å²) in [5.74, 6) is -5.31. The van der Waals surface area contributed by atoms with Crippen LogP contribution in [-0.4, -0.2) is 36.9 Å². The molecule has 1 heterocycles. The molecule has 2 N–H and O–H groups in total. The number of carbonyl (C=O) groups is 3. The lowest BCUT2D eigenvalue weighted by Crippen LogP contribution is -2.54. The molecule has 6 nitrogen and oxygen atoms in total. The number of nitrogens with one attached hydrogen (secondary N) is 2. The van der Waals surface area contributed by atoms with E-state index in [0.717, 1.165) is 42.1 Å². The number of benzene rings is 3. The van der Waals surface area contributed by atoms with Crippen molar-refractivity contribution in [2.45, 2.75) is 35.6 Å². The van der Waals surface area contributed by atoms with Gasteiger partial charge < -0.3 is 15.5 Å². The molecule has 39 heavy (non-hydrogen) atoms. The summed E-state index contributed by atoms with van der Waals surface area (Å²) in [7, 11) is 1.46. The smallest absolute Gasteiger partial charge is 0.250 e. The zero-order valence-corrected chi connectivity index (χ0v) is 22.2. The molecule has 3 aromatic carbocycles. The van der Waals surface area contributed by atoms with Crippen molar-refractivity contribution in [1.82, 2.24) is 10.6 Å². The Labute approximate surface area is 230 Å². The summed E-state index contributed by atoms with van der Waals surface area (Å²) in [6.07, 6.45) is -0.402. The second-order valence-corrected chi connectivity index (χ2v) is 10.6. The van der Waals surface area contributed by atoms with Crippen LogP contribution in [0.5, 0.6) is 0 Å². The first kappa shape index (κ1) is 28.4. The van der Waals surface area contributed by atoms with Gasteiger partial charge in [-0.3, -0.25) is 14.4 Å². The van der Waals surface area contributed by atoms with Crippen LogP contribution in [0.25, 0.3) is 0 Å². The molecule has 0 fully saturated rings. The molecule has 0 bridgehead atoms. The minimum Gasteiger partial charge on any atom is -0.344 e. The van der Waals surface area contributed by atoms with E-state index in [4.69, 9.17) is 11.6 Å². The fourth-order valence-electron chi connectivity index (χ4n) is 4.16. The number of halogens is 5. The summed E-state index contributed by atoms with van der Waals surface area (Å²) in [5, 5.41) is 4.25. The van der Waals surface area contributed by atoms with Crippen LogP contribution in [0.1, 0.15) is 23.3 Å². The number of fused-ring (bicyclic) bond motifs is 1. The number of anilines is 1. The maximum absolute atomic E-state index is 14.9. The summed E-state index contributed by atoms with van der Waals surface area (Å²) >= 11 is 7.17. The summed E-state index contributed by atoms with van der Waals surface area (Å²) in [6.45, 7) is 1.35. The molecular weight excluding hydrogens is 558 g/mol. The predicted octanol–water partition coefficient (Wildman–Crippen LogP) is 4.94.